The first kappa shape index (κ1) is 14.1. The van der Waals surface area contributed by atoms with Gasteiger partial charge in [0.25, 0.3) is 0 Å². The van der Waals surface area contributed by atoms with Gasteiger partial charge in [0.1, 0.15) is 0 Å². The molecular formula is C9H18ClN2OP. The Labute approximate surface area is 92.8 Å². The monoisotopic (exact) mass is 236 g/mol. The number of halogens is 1. The van der Waals surface area contributed by atoms with E-state index in [1.54, 1.807) is 0 Å². The number of nitrogens with zero attached hydrogens (tertiary/aromatic N) is 2. The summed E-state index contributed by atoms with van der Waals surface area (Å²) >= 11 is 6.00. The van der Waals surface area contributed by atoms with Crippen LogP contribution in [0.1, 0.15) is 34.1 Å². The third-order valence-electron chi connectivity index (χ3n) is 1.65. The molecule has 0 heterocycles. The molecule has 0 aliphatic carbocycles. The van der Waals surface area contributed by atoms with Crippen molar-refractivity contribution >= 4 is 19.8 Å². The van der Waals surface area contributed by atoms with Gasteiger partial charge in [0.2, 0.25) is 0 Å². The van der Waals surface area contributed by atoms with E-state index in [1.165, 1.54) is 4.35 Å². The van der Waals surface area contributed by atoms with Crippen LogP contribution in [0.5, 0.6) is 0 Å². The molecule has 0 fully saturated rings. The van der Waals surface area contributed by atoms with Crippen LogP contribution in [0.4, 0.5) is 0 Å². The Kier molecular flexibility index (Phi) is 7.49. The Hall–Kier alpha value is 0.130. The highest BCUT2D eigenvalue weighted by atomic mass is 35.5. The maximum atomic E-state index is 8.35. The molecule has 0 aliphatic rings. The van der Waals surface area contributed by atoms with Gasteiger partial charge >= 0.3 is 0 Å². The van der Waals surface area contributed by atoms with E-state index >= 15 is 0 Å². The topological polar surface area (TPSA) is 36.3 Å². The molecule has 14 heavy (non-hydrogen) atoms. The summed E-state index contributed by atoms with van der Waals surface area (Å²) in [6.45, 7) is 8.91. The molecule has 0 aromatic heterocycles. The fraction of sp³-hybridized carbons (Fsp3) is 0.889. The lowest BCUT2D eigenvalue weighted by atomic mass is 10.5. The zero-order valence-electron chi connectivity index (χ0n) is 9.20. The lowest BCUT2D eigenvalue weighted by molar-refractivity contribution is -0.00892. The lowest BCUT2D eigenvalue weighted by Crippen LogP contribution is -2.18. The van der Waals surface area contributed by atoms with Gasteiger partial charge in [-0.3, -0.25) is 4.84 Å². The first-order chi connectivity index (χ1) is 6.50. The molecule has 5 heteroatoms. The summed E-state index contributed by atoms with van der Waals surface area (Å²) in [5.74, 6) is 0. The summed E-state index contributed by atoms with van der Waals surface area (Å²) in [4.78, 5) is 5.27. The highest BCUT2D eigenvalue weighted by Crippen LogP contribution is 2.50. The van der Waals surface area contributed by atoms with Crippen molar-refractivity contribution in [2.75, 3.05) is 6.61 Å². The van der Waals surface area contributed by atoms with E-state index in [4.69, 9.17) is 21.9 Å². The Balaban J connectivity index is 4.03. The van der Waals surface area contributed by atoms with Gasteiger partial charge in [-0.1, -0.05) is 32.0 Å². The highest BCUT2D eigenvalue weighted by molar-refractivity contribution is 7.57. The third kappa shape index (κ3) is 5.12. The molecule has 0 aliphatic heterocycles. The summed E-state index contributed by atoms with van der Waals surface area (Å²) in [7, 11) is -0.489. The van der Waals surface area contributed by atoms with Gasteiger partial charge in [0.15, 0.2) is 0 Å². The molecule has 0 bridgehead atoms. The maximum absolute atomic E-state index is 8.35. The fourth-order valence-electron chi connectivity index (χ4n) is 1.19. The molecule has 0 aromatic carbocycles. The lowest BCUT2D eigenvalue weighted by Gasteiger charge is -2.30. The van der Waals surface area contributed by atoms with Crippen LogP contribution < -0.4 is 0 Å². The van der Waals surface area contributed by atoms with Gasteiger partial charge in [0, 0.05) is 19.8 Å². The quantitative estimate of drug-likeness (QED) is 0.307. The van der Waals surface area contributed by atoms with Crippen molar-refractivity contribution in [1.29, 1.82) is 5.26 Å². The minimum atomic E-state index is -0.489. The fourth-order valence-corrected chi connectivity index (χ4v) is 4.44. The average molecular weight is 237 g/mol. The summed E-state index contributed by atoms with van der Waals surface area (Å²) in [6.07, 6.45) is 0.378. The van der Waals surface area contributed by atoms with Gasteiger partial charge < -0.3 is 0 Å². The second-order valence-corrected chi connectivity index (χ2v) is 7.27. The van der Waals surface area contributed by atoms with Crippen molar-refractivity contribution in [1.82, 2.24) is 4.35 Å². The Morgan fingerprint density at radius 1 is 1.36 bits per heavy atom. The second-order valence-electron chi connectivity index (χ2n) is 3.54. The standard InChI is InChI=1S/C9H18ClN2OP/c1-8(2)14(9(3)4)12(10)13-7-5-6-11/h8-9H,5,7H2,1-4H3. The molecular weight excluding hydrogens is 219 g/mol. The van der Waals surface area contributed by atoms with Gasteiger partial charge in [0.05, 0.1) is 19.1 Å². The Morgan fingerprint density at radius 2 is 1.86 bits per heavy atom. The van der Waals surface area contributed by atoms with Gasteiger partial charge in [-0.15, -0.1) is 0 Å². The van der Waals surface area contributed by atoms with E-state index in [-0.39, 0.29) is 0 Å². The van der Waals surface area contributed by atoms with Crippen LogP contribution in [-0.2, 0) is 4.84 Å². The average Bonchev–Trinajstić information content (AvgIpc) is 2.03. The number of hydrogen-bond donors (Lipinski definition) is 0. The molecule has 0 atom stereocenters. The van der Waals surface area contributed by atoms with Crippen LogP contribution in [-0.4, -0.2) is 22.3 Å². The van der Waals surface area contributed by atoms with Gasteiger partial charge in [-0.05, 0) is 11.3 Å². The minimum absolute atomic E-state index is 0.373. The van der Waals surface area contributed by atoms with Crippen LogP contribution in [0.15, 0.2) is 0 Å². The van der Waals surface area contributed by atoms with Gasteiger partial charge in [-0.25, -0.2) is 0 Å². The van der Waals surface area contributed by atoms with Gasteiger partial charge in [-0.2, -0.15) is 5.26 Å². The summed E-state index contributed by atoms with van der Waals surface area (Å²) in [5, 5.41) is 8.35. The van der Waals surface area contributed by atoms with Crippen molar-refractivity contribution in [3.05, 3.63) is 0 Å². The van der Waals surface area contributed by atoms with Crippen LogP contribution in [0.2, 0.25) is 0 Å². The molecule has 0 unspecified atom stereocenters. The molecule has 0 spiro atoms. The smallest absolute Gasteiger partial charge is 0.0834 e. The maximum Gasteiger partial charge on any atom is 0.0834 e. The van der Waals surface area contributed by atoms with Crippen molar-refractivity contribution in [2.24, 2.45) is 0 Å². The SMILES string of the molecule is CC(C)P(C(C)C)N(Cl)OCCC#N. The number of hydrogen-bond acceptors (Lipinski definition) is 3. The molecule has 0 saturated carbocycles. The van der Waals surface area contributed by atoms with Crippen LogP contribution in [0.3, 0.4) is 0 Å². The van der Waals surface area contributed by atoms with Crippen molar-refractivity contribution in [2.45, 2.75) is 45.4 Å². The molecule has 0 aromatic rings. The van der Waals surface area contributed by atoms with E-state index in [0.29, 0.717) is 24.3 Å². The van der Waals surface area contributed by atoms with E-state index in [9.17, 15) is 0 Å². The molecule has 3 nitrogen and oxygen atoms in total. The minimum Gasteiger partial charge on any atom is -0.279 e. The molecule has 0 rings (SSSR count). The van der Waals surface area contributed by atoms with E-state index in [2.05, 4.69) is 27.7 Å². The first-order valence-electron chi connectivity index (χ1n) is 4.74. The van der Waals surface area contributed by atoms with Crippen molar-refractivity contribution in [3.8, 4) is 6.07 Å². The normalized spacial score (nSPS) is 11.7. The van der Waals surface area contributed by atoms with Crippen LogP contribution >= 0.6 is 19.8 Å². The summed E-state index contributed by atoms with van der Waals surface area (Å²) < 4.78 is 1.43. The molecule has 0 radical (unpaired) electrons. The Morgan fingerprint density at radius 3 is 2.21 bits per heavy atom. The van der Waals surface area contributed by atoms with E-state index < -0.39 is 8.07 Å². The molecule has 0 N–H and O–H groups in total. The second kappa shape index (κ2) is 7.43. The third-order valence-corrected chi connectivity index (χ3v) is 4.87. The summed E-state index contributed by atoms with van der Waals surface area (Å²) in [6, 6.07) is 2.02. The largest absolute Gasteiger partial charge is 0.279 e. The number of nitriles is 1. The van der Waals surface area contributed by atoms with Crippen LogP contribution in [0, 0.1) is 11.3 Å². The first-order valence-corrected chi connectivity index (χ1v) is 6.51. The zero-order valence-corrected chi connectivity index (χ0v) is 10.8. The molecule has 0 saturated heterocycles. The molecule has 0 amide bonds. The zero-order chi connectivity index (χ0) is 11.1. The van der Waals surface area contributed by atoms with Crippen LogP contribution in [0.25, 0.3) is 0 Å². The number of rotatable bonds is 6. The predicted octanol–water partition coefficient (Wildman–Crippen LogP) is 3.50. The predicted molar refractivity (Wildman–Crippen MR) is 61.1 cm³/mol. The summed E-state index contributed by atoms with van der Waals surface area (Å²) in [5.41, 5.74) is 0.981. The van der Waals surface area contributed by atoms with Crippen molar-refractivity contribution in [3.63, 3.8) is 0 Å². The van der Waals surface area contributed by atoms with E-state index in [0.717, 1.165) is 0 Å². The Bertz CT molecular complexity index is 186. The highest BCUT2D eigenvalue weighted by Gasteiger charge is 2.24. The van der Waals surface area contributed by atoms with Crippen molar-refractivity contribution < 1.29 is 4.84 Å². The molecule has 82 valence electrons. The van der Waals surface area contributed by atoms with E-state index in [1.807, 2.05) is 6.07 Å².